The largest absolute Gasteiger partial charge is 0.406 e. The summed E-state index contributed by atoms with van der Waals surface area (Å²) in [5, 5.41) is 0. The number of likely N-dealkylation sites (tertiary alicyclic amines) is 1. The van der Waals surface area contributed by atoms with E-state index >= 15 is 0 Å². The monoisotopic (exact) mass is 335 g/mol. The van der Waals surface area contributed by atoms with Crippen molar-refractivity contribution >= 4 is 23.8 Å². The molecule has 2 aliphatic rings. The maximum Gasteiger partial charge on any atom is 0.406 e. The minimum atomic E-state index is -4.57. The zero-order chi connectivity index (χ0) is 17.5. The highest BCUT2D eigenvalue weighted by Crippen LogP contribution is 2.26. The molecule has 5 amide bonds. The first-order valence-electron chi connectivity index (χ1n) is 7.07. The van der Waals surface area contributed by atoms with Crippen LogP contribution in [0.3, 0.4) is 0 Å². The molecule has 0 aliphatic carbocycles. The van der Waals surface area contributed by atoms with Gasteiger partial charge in [-0.05, 0) is 12.3 Å². The molecule has 0 aromatic carbocycles. The van der Waals surface area contributed by atoms with Crippen molar-refractivity contribution in [2.75, 3.05) is 19.6 Å². The van der Waals surface area contributed by atoms with E-state index in [-0.39, 0.29) is 25.4 Å². The molecule has 128 valence electrons. The predicted octanol–water partition coefficient (Wildman–Crippen LogP) is 0.596. The molecule has 0 aromatic rings. The van der Waals surface area contributed by atoms with Crippen molar-refractivity contribution in [3.63, 3.8) is 0 Å². The van der Waals surface area contributed by atoms with Crippen molar-refractivity contribution in [2.24, 2.45) is 5.92 Å². The molecule has 2 aliphatic heterocycles. The quantitative estimate of drug-likeness (QED) is 0.557. The maximum atomic E-state index is 12.4. The second-order valence-corrected chi connectivity index (χ2v) is 5.95. The fraction of sp³-hybridized carbons (Fsp3) is 0.692. The van der Waals surface area contributed by atoms with Crippen molar-refractivity contribution in [1.82, 2.24) is 14.7 Å². The number of hydrogen-bond donors (Lipinski definition) is 0. The van der Waals surface area contributed by atoms with Gasteiger partial charge in [-0.2, -0.15) is 13.2 Å². The van der Waals surface area contributed by atoms with Crippen molar-refractivity contribution in [3.05, 3.63) is 0 Å². The van der Waals surface area contributed by atoms with Gasteiger partial charge in [-0.25, -0.2) is 9.69 Å². The molecule has 0 N–H and O–H groups in total. The highest BCUT2D eigenvalue weighted by Gasteiger charge is 2.52. The van der Waals surface area contributed by atoms with E-state index in [1.54, 1.807) is 13.8 Å². The highest BCUT2D eigenvalue weighted by atomic mass is 19.4. The van der Waals surface area contributed by atoms with E-state index in [4.69, 9.17) is 0 Å². The van der Waals surface area contributed by atoms with Gasteiger partial charge >= 0.3 is 24.0 Å². The molecule has 0 saturated carbocycles. The molecule has 2 heterocycles. The van der Waals surface area contributed by atoms with Crippen LogP contribution in [0.5, 0.6) is 0 Å². The number of alkyl halides is 3. The van der Waals surface area contributed by atoms with Gasteiger partial charge in [0.1, 0.15) is 12.6 Å². The van der Waals surface area contributed by atoms with E-state index in [2.05, 4.69) is 0 Å². The molecular weight excluding hydrogens is 319 g/mol. The second kappa shape index (κ2) is 5.82. The summed E-state index contributed by atoms with van der Waals surface area (Å²) in [6.45, 7) is 1.81. The third kappa shape index (κ3) is 3.30. The Bertz CT molecular complexity index is 561. The first-order valence-corrected chi connectivity index (χ1v) is 7.07. The zero-order valence-corrected chi connectivity index (χ0v) is 12.6. The van der Waals surface area contributed by atoms with Gasteiger partial charge in [0.2, 0.25) is 5.91 Å². The van der Waals surface area contributed by atoms with Crippen LogP contribution in [-0.4, -0.2) is 70.3 Å². The topological polar surface area (TPSA) is 78.0 Å². The molecular formula is C13H16F3N3O4. The lowest BCUT2D eigenvalue weighted by atomic mass is 10.2. The molecule has 0 spiro atoms. The SMILES string of the molecule is CC(C)CN1C(=O)C(=O)N([C@@H]2CCN(CC(F)(F)F)C2=O)C1=O. The Hall–Kier alpha value is -2.13. The molecule has 0 unspecified atom stereocenters. The standard InChI is InChI=1S/C13H16F3N3O4/c1-7(2)5-18-10(21)11(22)19(12(18)23)8-3-4-17(9(8)20)6-13(14,15)16/h7-8H,3-6H2,1-2H3/t8-/m1/s1. The van der Waals surface area contributed by atoms with Gasteiger partial charge in [-0.1, -0.05) is 13.8 Å². The van der Waals surface area contributed by atoms with Crippen LogP contribution in [-0.2, 0) is 14.4 Å². The van der Waals surface area contributed by atoms with Gasteiger partial charge < -0.3 is 4.90 Å². The fourth-order valence-electron chi connectivity index (χ4n) is 2.66. The van der Waals surface area contributed by atoms with Crippen molar-refractivity contribution < 1.29 is 32.3 Å². The van der Waals surface area contributed by atoms with Crippen LogP contribution >= 0.6 is 0 Å². The number of carbonyl (C=O) groups excluding carboxylic acids is 4. The van der Waals surface area contributed by atoms with Crippen LogP contribution in [0.25, 0.3) is 0 Å². The minimum Gasteiger partial charge on any atom is -0.332 e. The van der Waals surface area contributed by atoms with E-state index in [1.807, 2.05) is 0 Å². The number of rotatable bonds is 4. The summed E-state index contributed by atoms with van der Waals surface area (Å²) < 4.78 is 37.2. The number of hydrogen-bond acceptors (Lipinski definition) is 4. The average molecular weight is 335 g/mol. The lowest BCUT2D eigenvalue weighted by Gasteiger charge is -2.22. The first kappa shape index (κ1) is 17.2. The van der Waals surface area contributed by atoms with Crippen molar-refractivity contribution in [1.29, 1.82) is 0 Å². The summed E-state index contributed by atoms with van der Waals surface area (Å²) in [6, 6.07) is -2.29. The van der Waals surface area contributed by atoms with Crippen LogP contribution < -0.4 is 0 Å². The number of nitrogens with zero attached hydrogens (tertiary/aromatic N) is 3. The summed E-state index contributed by atoms with van der Waals surface area (Å²) in [5.74, 6) is -3.27. The van der Waals surface area contributed by atoms with Crippen LogP contribution in [0.15, 0.2) is 0 Å². The van der Waals surface area contributed by atoms with E-state index < -0.39 is 42.5 Å². The zero-order valence-electron chi connectivity index (χ0n) is 12.6. The Morgan fingerprint density at radius 1 is 1.13 bits per heavy atom. The Kier molecular flexibility index (Phi) is 4.36. The van der Waals surface area contributed by atoms with Crippen LogP contribution in [0.2, 0.25) is 0 Å². The minimum absolute atomic E-state index is 0.00703. The third-order valence-electron chi connectivity index (χ3n) is 3.58. The molecule has 23 heavy (non-hydrogen) atoms. The summed E-state index contributed by atoms with van der Waals surface area (Å²) in [5.41, 5.74) is 0. The molecule has 2 fully saturated rings. The number of imide groups is 2. The second-order valence-electron chi connectivity index (χ2n) is 5.95. The molecule has 0 bridgehead atoms. The Morgan fingerprint density at radius 3 is 2.26 bits per heavy atom. The summed E-state index contributed by atoms with van der Waals surface area (Å²) >= 11 is 0. The molecule has 7 nitrogen and oxygen atoms in total. The number of halogens is 3. The number of urea groups is 1. The van der Waals surface area contributed by atoms with Crippen molar-refractivity contribution in [2.45, 2.75) is 32.5 Å². The average Bonchev–Trinajstić information content (AvgIpc) is 2.83. The maximum absolute atomic E-state index is 12.4. The molecule has 10 heteroatoms. The van der Waals surface area contributed by atoms with E-state index in [1.165, 1.54) is 0 Å². The fourth-order valence-corrected chi connectivity index (χ4v) is 2.66. The normalized spacial score (nSPS) is 23.0. The lowest BCUT2D eigenvalue weighted by molar-refractivity contribution is -0.159. The van der Waals surface area contributed by atoms with Crippen molar-refractivity contribution in [3.8, 4) is 0 Å². The summed E-state index contributed by atoms with van der Waals surface area (Å²) in [4.78, 5) is 49.8. The highest BCUT2D eigenvalue weighted by molar-refractivity contribution is 6.45. The summed E-state index contributed by atoms with van der Waals surface area (Å²) in [7, 11) is 0. The number of carbonyl (C=O) groups is 4. The first-order chi connectivity index (χ1) is 10.5. The Balaban J connectivity index is 2.16. The van der Waals surface area contributed by atoms with Gasteiger partial charge in [-0.3, -0.25) is 19.3 Å². The van der Waals surface area contributed by atoms with E-state index in [9.17, 15) is 32.3 Å². The lowest BCUT2D eigenvalue weighted by Crippen LogP contribution is -2.47. The van der Waals surface area contributed by atoms with Gasteiger partial charge in [0.15, 0.2) is 0 Å². The van der Waals surface area contributed by atoms with Crippen LogP contribution in [0, 0.1) is 5.92 Å². The van der Waals surface area contributed by atoms with E-state index in [0.717, 1.165) is 4.90 Å². The van der Waals surface area contributed by atoms with Crippen LogP contribution in [0.1, 0.15) is 20.3 Å². The third-order valence-corrected chi connectivity index (χ3v) is 3.58. The molecule has 2 rings (SSSR count). The summed E-state index contributed by atoms with van der Waals surface area (Å²) in [6.07, 6.45) is -4.68. The predicted molar refractivity (Wildman–Crippen MR) is 69.8 cm³/mol. The molecule has 0 radical (unpaired) electrons. The molecule has 1 atom stereocenters. The van der Waals surface area contributed by atoms with Crippen LogP contribution in [0.4, 0.5) is 18.0 Å². The van der Waals surface area contributed by atoms with Gasteiger partial charge in [0.25, 0.3) is 0 Å². The smallest absolute Gasteiger partial charge is 0.332 e. The van der Waals surface area contributed by atoms with Gasteiger partial charge in [-0.15, -0.1) is 0 Å². The van der Waals surface area contributed by atoms with Gasteiger partial charge in [0, 0.05) is 13.1 Å². The Labute approximate surface area is 130 Å². The number of amides is 5. The molecule has 0 aromatic heterocycles. The van der Waals surface area contributed by atoms with E-state index in [0.29, 0.717) is 9.80 Å². The Morgan fingerprint density at radius 2 is 1.74 bits per heavy atom. The molecule has 2 saturated heterocycles. The van der Waals surface area contributed by atoms with Gasteiger partial charge in [0.05, 0.1) is 0 Å².